The van der Waals surface area contributed by atoms with Gasteiger partial charge in [-0.1, -0.05) is 15.9 Å². The third-order valence-corrected chi connectivity index (χ3v) is 1.90. The summed E-state index contributed by atoms with van der Waals surface area (Å²) in [5.41, 5.74) is -0.150. The fourth-order valence-electron chi connectivity index (χ4n) is 0.778. The average Bonchev–Trinajstić information content (AvgIpc) is 2.03. The lowest BCUT2D eigenvalue weighted by Gasteiger charge is -2.14. The van der Waals surface area contributed by atoms with Crippen LogP contribution in [0.25, 0.3) is 0 Å². The SMILES string of the molecule is O=[N+]([O-])C1=CC(CBr)OC(O)=C1. The minimum atomic E-state index is -0.575. The minimum Gasteiger partial charge on any atom is -0.481 e. The molecule has 1 heterocycles. The van der Waals surface area contributed by atoms with E-state index in [1.54, 1.807) is 0 Å². The van der Waals surface area contributed by atoms with E-state index < -0.39 is 17.0 Å². The largest absolute Gasteiger partial charge is 0.481 e. The van der Waals surface area contributed by atoms with Gasteiger partial charge in [0.1, 0.15) is 6.10 Å². The number of halogens is 1. The van der Waals surface area contributed by atoms with Crippen LogP contribution in [0.3, 0.4) is 0 Å². The molecule has 1 aliphatic heterocycles. The van der Waals surface area contributed by atoms with Crippen LogP contribution in [0.5, 0.6) is 0 Å². The second kappa shape index (κ2) is 3.57. The van der Waals surface area contributed by atoms with Crippen LogP contribution in [-0.2, 0) is 4.74 Å². The molecule has 0 spiro atoms. The van der Waals surface area contributed by atoms with Crippen molar-refractivity contribution in [3.63, 3.8) is 0 Å². The van der Waals surface area contributed by atoms with Crippen molar-refractivity contribution in [2.75, 3.05) is 5.33 Å². The van der Waals surface area contributed by atoms with Gasteiger partial charge in [0.25, 0.3) is 11.6 Å². The summed E-state index contributed by atoms with van der Waals surface area (Å²) in [5, 5.41) is 19.6. The van der Waals surface area contributed by atoms with Crippen LogP contribution in [0.1, 0.15) is 0 Å². The second-order valence-electron chi connectivity index (χ2n) is 2.14. The standard InChI is InChI=1S/C6H6BrNO4/c7-3-5-1-4(8(10)11)2-6(9)12-5/h1-2,5,9H,3H2. The zero-order chi connectivity index (χ0) is 9.14. The number of allylic oxidation sites excluding steroid dienone is 1. The number of rotatable bonds is 2. The Bertz CT molecular complexity index is 260. The van der Waals surface area contributed by atoms with Gasteiger partial charge in [-0.25, -0.2) is 0 Å². The smallest absolute Gasteiger partial charge is 0.284 e. The Morgan fingerprint density at radius 1 is 1.83 bits per heavy atom. The van der Waals surface area contributed by atoms with E-state index in [1.807, 2.05) is 0 Å². The Labute approximate surface area is 76.6 Å². The van der Waals surface area contributed by atoms with Crippen LogP contribution >= 0.6 is 15.9 Å². The molecule has 0 aromatic heterocycles. The van der Waals surface area contributed by atoms with Gasteiger partial charge in [-0.15, -0.1) is 0 Å². The normalized spacial score (nSPS) is 22.2. The van der Waals surface area contributed by atoms with Crippen LogP contribution in [0, 0.1) is 10.1 Å². The summed E-state index contributed by atoms with van der Waals surface area (Å²) in [6, 6.07) is 0. The van der Waals surface area contributed by atoms with E-state index in [2.05, 4.69) is 15.9 Å². The lowest BCUT2D eigenvalue weighted by molar-refractivity contribution is -0.420. The molecule has 0 amide bonds. The van der Waals surface area contributed by atoms with Crippen molar-refractivity contribution in [2.24, 2.45) is 0 Å². The molecule has 0 aliphatic carbocycles. The maximum Gasteiger partial charge on any atom is 0.284 e. The third-order valence-electron chi connectivity index (χ3n) is 1.26. The minimum absolute atomic E-state index is 0.150. The molecule has 0 saturated heterocycles. The van der Waals surface area contributed by atoms with Gasteiger partial charge in [0, 0.05) is 11.4 Å². The fraction of sp³-hybridized carbons (Fsp3) is 0.333. The van der Waals surface area contributed by atoms with E-state index in [9.17, 15) is 10.1 Å². The predicted octanol–water partition coefficient (Wildman–Crippen LogP) is 1.34. The monoisotopic (exact) mass is 235 g/mol. The van der Waals surface area contributed by atoms with Gasteiger partial charge < -0.3 is 9.84 Å². The Balaban J connectivity index is 2.84. The molecule has 0 aromatic carbocycles. The van der Waals surface area contributed by atoms with E-state index in [0.717, 1.165) is 6.08 Å². The van der Waals surface area contributed by atoms with Crippen LogP contribution in [0.15, 0.2) is 23.8 Å². The summed E-state index contributed by atoms with van der Waals surface area (Å²) in [7, 11) is 0. The predicted molar refractivity (Wildman–Crippen MR) is 44.5 cm³/mol. The van der Waals surface area contributed by atoms with E-state index in [0.29, 0.717) is 5.33 Å². The van der Waals surface area contributed by atoms with Crippen molar-refractivity contribution in [2.45, 2.75) is 6.10 Å². The van der Waals surface area contributed by atoms with Gasteiger partial charge in [-0.2, -0.15) is 0 Å². The molecule has 12 heavy (non-hydrogen) atoms. The summed E-state index contributed by atoms with van der Waals surface area (Å²) in [5.74, 6) is -0.423. The number of nitrogens with zero attached hydrogens (tertiary/aromatic N) is 1. The van der Waals surface area contributed by atoms with Gasteiger partial charge in [-0.3, -0.25) is 10.1 Å². The van der Waals surface area contributed by atoms with Crippen molar-refractivity contribution in [1.29, 1.82) is 0 Å². The van der Waals surface area contributed by atoms with Gasteiger partial charge in [0.05, 0.1) is 11.0 Å². The highest BCUT2D eigenvalue weighted by atomic mass is 79.9. The van der Waals surface area contributed by atoms with Crippen molar-refractivity contribution in [3.8, 4) is 0 Å². The van der Waals surface area contributed by atoms with E-state index in [4.69, 9.17) is 9.84 Å². The molecule has 0 bridgehead atoms. The number of aliphatic hydroxyl groups is 1. The van der Waals surface area contributed by atoms with E-state index in [1.165, 1.54) is 6.08 Å². The summed E-state index contributed by atoms with van der Waals surface area (Å²) in [4.78, 5) is 9.70. The summed E-state index contributed by atoms with van der Waals surface area (Å²) < 4.78 is 4.80. The fourth-order valence-corrected chi connectivity index (χ4v) is 1.10. The highest BCUT2D eigenvalue weighted by Crippen LogP contribution is 2.16. The van der Waals surface area contributed by atoms with Crippen LogP contribution in [0.4, 0.5) is 0 Å². The number of nitro groups is 1. The van der Waals surface area contributed by atoms with E-state index >= 15 is 0 Å². The number of alkyl halides is 1. The molecule has 0 fully saturated rings. The van der Waals surface area contributed by atoms with E-state index in [-0.39, 0.29) is 5.70 Å². The number of ether oxygens (including phenoxy) is 1. The van der Waals surface area contributed by atoms with Gasteiger partial charge in [0.15, 0.2) is 0 Å². The molecule has 0 saturated carbocycles. The van der Waals surface area contributed by atoms with Gasteiger partial charge in [-0.05, 0) is 0 Å². The van der Waals surface area contributed by atoms with Crippen LogP contribution in [-0.4, -0.2) is 21.5 Å². The Kier molecular flexibility index (Phi) is 2.69. The first-order valence-electron chi connectivity index (χ1n) is 3.13. The molecule has 66 valence electrons. The molecule has 1 aliphatic rings. The average molecular weight is 236 g/mol. The lowest BCUT2D eigenvalue weighted by atomic mass is 10.2. The second-order valence-corrected chi connectivity index (χ2v) is 2.79. The van der Waals surface area contributed by atoms with Crippen molar-refractivity contribution in [3.05, 3.63) is 33.9 Å². The van der Waals surface area contributed by atoms with Crippen molar-refractivity contribution < 1.29 is 14.8 Å². The molecule has 1 rings (SSSR count). The Morgan fingerprint density at radius 3 is 3.00 bits per heavy atom. The topological polar surface area (TPSA) is 72.6 Å². The molecule has 0 aromatic rings. The lowest BCUT2D eigenvalue weighted by Crippen LogP contribution is -2.17. The first-order valence-corrected chi connectivity index (χ1v) is 4.25. The quantitative estimate of drug-likeness (QED) is 0.446. The van der Waals surface area contributed by atoms with Crippen molar-refractivity contribution >= 4 is 15.9 Å². The molecule has 0 radical (unpaired) electrons. The maximum atomic E-state index is 10.3. The van der Waals surface area contributed by atoms with Gasteiger partial charge >= 0.3 is 0 Å². The zero-order valence-electron chi connectivity index (χ0n) is 5.94. The van der Waals surface area contributed by atoms with Crippen molar-refractivity contribution in [1.82, 2.24) is 0 Å². The van der Waals surface area contributed by atoms with Gasteiger partial charge in [0.2, 0.25) is 0 Å². The maximum absolute atomic E-state index is 10.3. The summed E-state index contributed by atoms with van der Waals surface area (Å²) >= 11 is 3.08. The molecular weight excluding hydrogens is 230 g/mol. The Morgan fingerprint density at radius 2 is 2.50 bits per heavy atom. The molecule has 1 unspecified atom stereocenters. The highest BCUT2D eigenvalue weighted by Gasteiger charge is 2.21. The number of aliphatic hydroxyl groups excluding tert-OH is 1. The molecule has 1 atom stereocenters. The number of hydrogen-bond acceptors (Lipinski definition) is 4. The zero-order valence-corrected chi connectivity index (χ0v) is 7.52. The first kappa shape index (κ1) is 9.05. The molecule has 6 heteroatoms. The summed E-state index contributed by atoms with van der Waals surface area (Å²) in [6.07, 6.45) is 1.82. The molecule has 5 nitrogen and oxygen atoms in total. The molecular formula is C6H6BrNO4. The first-order chi connectivity index (χ1) is 5.63. The van der Waals surface area contributed by atoms with Crippen LogP contribution < -0.4 is 0 Å². The Hall–Kier alpha value is -1.04. The third kappa shape index (κ3) is 1.97. The van der Waals surface area contributed by atoms with Crippen LogP contribution in [0.2, 0.25) is 0 Å². The molecule has 1 N–H and O–H groups in total. The highest BCUT2D eigenvalue weighted by molar-refractivity contribution is 9.09. The number of hydrogen-bond donors (Lipinski definition) is 1. The summed E-state index contributed by atoms with van der Waals surface area (Å²) in [6.45, 7) is 0.